The average molecular weight is 228 g/mol. The molecule has 2 rings (SSSR count). The second kappa shape index (κ2) is 2.55. The zero-order valence-electron chi connectivity index (χ0n) is 6.21. The summed E-state index contributed by atoms with van der Waals surface area (Å²) in [5.74, 6) is 0. The van der Waals surface area contributed by atoms with Crippen molar-refractivity contribution in [2.24, 2.45) is 0 Å². The number of nitro benzene ring substituents is 1. The summed E-state index contributed by atoms with van der Waals surface area (Å²) >= 11 is 3.31. The molecule has 0 saturated heterocycles. The molecule has 0 heterocycles. The first-order chi connectivity index (χ1) is 5.68. The number of halogens is 1. The van der Waals surface area contributed by atoms with Crippen LogP contribution in [0.15, 0.2) is 16.6 Å². The van der Waals surface area contributed by atoms with Crippen LogP contribution in [-0.2, 0) is 12.8 Å². The van der Waals surface area contributed by atoms with Crippen LogP contribution in [-0.4, -0.2) is 4.92 Å². The van der Waals surface area contributed by atoms with Crippen LogP contribution in [0.2, 0.25) is 0 Å². The number of fused-ring (bicyclic) bond motifs is 1. The standard InChI is InChI=1S/C8H6BrNO2/c9-8-4-6(10(11)12)3-5-1-2-7(5)8/h3-4H,1-2H2. The van der Waals surface area contributed by atoms with Crippen molar-refractivity contribution < 1.29 is 4.92 Å². The van der Waals surface area contributed by atoms with Crippen LogP contribution in [0, 0.1) is 10.1 Å². The van der Waals surface area contributed by atoms with Crippen LogP contribution in [0.25, 0.3) is 0 Å². The van der Waals surface area contributed by atoms with Gasteiger partial charge in [-0.3, -0.25) is 10.1 Å². The van der Waals surface area contributed by atoms with Crippen LogP contribution < -0.4 is 0 Å². The quantitative estimate of drug-likeness (QED) is 0.547. The van der Waals surface area contributed by atoms with Crippen molar-refractivity contribution in [2.45, 2.75) is 12.8 Å². The highest BCUT2D eigenvalue weighted by Gasteiger charge is 2.20. The molecule has 1 aromatic rings. The lowest BCUT2D eigenvalue weighted by molar-refractivity contribution is -0.385. The molecule has 0 aliphatic heterocycles. The van der Waals surface area contributed by atoms with E-state index in [1.165, 1.54) is 5.56 Å². The third-order valence-corrected chi connectivity index (χ3v) is 2.84. The van der Waals surface area contributed by atoms with Crippen LogP contribution >= 0.6 is 15.9 Å². The van der Waals surface area contributed by atoms with Gasteiger partial charge in [-0.2, -0.15) is 0 Å². The van der Waals surface area contributed by atoms with Crippen molar-refractivity contribution in [1.82, 2.24) is 0 Å². The minimum absolute atomic E-state index is 0.181. The van der Waals surface area contributed by atoms with Crippen molar-refractivity contribution in [2.75, 3.05) is 0 Å². The van der Waals surface area contributed by atoms with Crippen molar-refractivity contribution in [3.05, 3.63) is 37.8 Å². The van der Waals surface area contributed by atoms with Gasteiger partial charge >= 0.3 is 0 Å². The molecule has 0 radical (unpaired) electrons. The number of hydrogen-bond donors (Lipinski definition) is 0. The van der Waals surface area contributed by atoms with Gasteiger partial charge < -0.3 is 0 Å². The van der Waals surface area contributed by atoms with Gasteiger partial charge in [0.15, 0.2) is 0 Å². The Kier molecular flexibility index (Phi) is 1.65. The highest BCUT2D eigenvalue weighted by atomic mass is 79.9. The van der Waals surface area contributed by atoms with Gasteiger partial charge in [-0.05, 0) is 24.0 Å². The molecule has 62 valence electrons. The van der Waals surface area contributed by atoms with E-state index in [2.05, 4.69) is 15.9 Å². The second-order valence-corrected chi connectivity index (χ2v) is 3.68. The molecule has 12 heavy (non-hydrogen) atoms. The van der Waals surface area contributed by atoms with Crippen LogP contribution in [0.1, 0.15) is 11.1 Å². The molecule has 1 aromatic carbocycles. The van der Waals surface area contributed by atoms with Crippen LogP contribution in [0.3, 0.4) is 0 Å². The molecule has 0 amide bonds. The van der Waals surface area contributed by atoms with Gasteiger partial charge in [0.2, 0.25) is 0 Å². The largest absolute Gasteiger partial charge is 0.270 e. The molecule has 3 nitrogen and oxygen atoms in total. The fourth-order valence-electron chi connectivity index (χ4n) is 1.37. The smallest absolute Gasteiger partial charge is 0.258 e. The summed E-state index contributed by atoms with van der Waals surface area (Å²) in [6.45, 7) is 0. The topological polar surface area (TPSA) is 43.1 Å². The van der Waals surface area contributed by atoms with Gasteiger partial charge in [-0.25, -0.2) is 0 Å². The van der Waals surface area contributed by atoms with E-state index in [4.69, 9.17) is 0 Å². The SMILES string of the molecule is O=[N+]([O-])c1cc(Br)c2c(c1)CC2. The molecule has 4 heteroatoms. The van der Waals surface area contributed by atoms with Crippen LogP contribution in [0.4, 0.5) is 5.69 Å². The van der Waals surface area contributed by atoms with Crippen molar-refractivity contribution in [3.63, 3.8) is 0 Å². The Balaban J connectivity index is 2.55. The number of aryl methyl sites for hydroxylation is 1. The van der Waals surface area contributed by atoms with Gasteiger partial charge in [0.05, 0.1) is 4.92 Å². The number of rotatable bonds is 1. The van der Waals surface area contributed by atoms with Gasteiger partial charge in [0.1, 0.15) is 0 Å². The van der Waals surface area contributed by atoms with Gasteiger partial charge in [-0.15, -0.1) is 0 Å². The Labute approximate surface area is 77.7 Å². The lowest BCUT2D eigenvalue weighted by Gasteiger charge is -2.19. The van der Waals surface area contributed by atoms with Gasteiger partial charge in [0.25, 0.3) is 5.69 Å². The number of nitro groups is 1. The molecule has 1 aliphatic rings. The van der Waals surface area contributed by atoms with E-state index < -0.39 is 0 Å². The monoisotopic (exact) mass is 227 g/mol. The van der Waals surface area contributed by atoms with Crippen molar-refractivity contribution in [3.8, 4) is 0 Å². The van der Waals surface area contributed by atoms with E-state index in [1.807, 2.05) is 0 Å². The fraction of sp³-hybridized carbons (Fsp3) is 0.250. The summed E-state index contributed by atoms with van der Waals surface area (Å²) in [6, 6.07) is 3.22. The molecular weight excluding hydrogens is 222 g/mol. The van der Waals surface area contributed by atoms with E-state index in [1.54, 1.807) is 12.1 Å². The first kappa shape index (κ1) is 7.73. The van der Waals surface area contributed by atoms with E-state index in [9.17, 15) is 10.1 Å². The predicted octanol–water partition coefficient (Wildman–Crippen LogP) is 2.46. The Morgan fingerprint density at radius 1 is 1.42 bits per heavy atom. The highest BCUT2D eigenvalue weighted by molar-refractivity contribution is 9.10. The normalized spacial score (nSPS) is 13.4. The number of nitrogens with zero attached hydrogens (tertiary/aromatic N) is 1. The molecule has 0 aromatic heterocycles. The number of non-ortho nitro benzene ring substituents is 1. The summed E-state index contributed by atoms with van der Waals surface area (Å²) in [4.78, 5) is 10.1. The first-order valence-corrected chi connectivity index (χ1v) is 4.43. The molecule has 1 aliphatic carbocycles. The lowest BCUT2D eigenvalue weighted by atomic mass is 9.88. The Bertz CT molecular complexity index is 345. The summed E-state index contributed by atoms with van der Waals surface area (Å²) in [5, 5.41) is 10.4. The zero-order valence-corrected chi connectivity index (χ0v) is 7.80. The summed E-state index contributed by atoms with van der Waals surface area (Å²) in [7, 11) is 0. The molecular formula is C8H6BrNO2. The highest BCUT2D eigenvalue weighted by Crippen LogP contribution is 2.34. The predicted molar refractivity (Wildman–Crippen MR) is 48.2 cm³/mol. The van der Waals surface area contributed by atoms with Crippen LogP contribution in [0.5, 0.6) is 0 Å². The zero-order chi connectivity index (χ0) is 8.72. The number of hydrogen-bond acceptors (Lipinski definition) is 2. The van der Waals surface area contributed by atoms with E-state index in [-0.39, 0.29) is 10.6 Å². The third-order valence-electron chi connectivity index (χ3n) is 2.13. The van der Waals surface area contributed by atoms with E-state index >= 15 is 0 Å². The second-order valence-electron chi connectivity index (χ2n) is 2.82. The van der Waals surface area contributed by atoms with Gasteiger partial charge in [0, 0.05) is 16.6 Å². The lowest BCUT2D eigenvalue weighted by Crippen LogP contribution is -2.09. The Morgan fingerprint density at radius 3 is 2.58 bits per heavy atom. The first-order valence-electron chi connectivity index (χ1n) is 3.64. The molecule has 0 atom stereocenters. The Morgan fingerprint density at radius 2 is 2.17 bits per heavy atom. The minimum atomic E-state index is -0.358. The summed E-state index contributed by atoms with van der Waals surface area (Å²) in [5.41, 5.74) is 2.51. The van der Waals surface area contributed by atoms with E-state index in [0.29, 0.717) is 0 Å². The summed E-state index contributed by atoms with van der Waals surface area (Å²) in [6.07, 6.45) is 2.00. The maximum Gasteiger partial charge on any atom is 0.270 e. The maximum absolute atomic E-state index is 10.4. The third kappa shape index (κ3) is 1.03. The molecule has 0 spiro atoms. The minimum Gasteiger partial charge on any atom is -0.258 e. The molecule has 0 bridgehead atoms. The summed E-state index contributed by atoms with van der Waals surface area (Å²) < 4.78 is 0.873. The molecule has 0 N–H and O–H groups in total. The fourth-order valence-corrected chi connectivity index (χ4v) is 2.06. The van der Waals surface area contributed by atoms with E-state index in [0.717, 1.165) is 22.9 Å². The molecule has 0 saturated carbocycles. The Hall–Kier alpha value is -0.900. The molecule has 0 fully saturated rings. The average Bonchev–Trinajstić information content (AvgIpc) is 1.92. The number of benzene rings is 1. The van der Waals surface area contributed by atoms with Crippen molar-refractivity contribution in [1.29, 1.82) is 0 Å². The van der Waals surface area contributed by atoms with Crippen molar-refractivity contribution >= 4 is 21.6 Å². The maximum atomic E-state index is 10.4. The van der Waals surface area contributed by atoms with Gasteiger partial charge in [-0.1, -0.05) is 15.9 Å². The molecule has 0 unspecified atom stereocenters.